The van der Waals surface area contributed by atoms with E-state index >= 15 is 0 Å². The quantitative estimate of drug-likeness (QED) is 0.872. The molecule has 2 fully saturated rings. The molecule has 18 heavy (non-hydrogen) atoms. The van der Waals surface area contributed by atoms with Gasteiger partial charge in [0.05, 0.1) is 6.10 Å². The molecule has 98 valence electrons. The van der Waals surface area contributed by atoms with Gasteiger partial charge in [0.1, 0.15) is 6.10 Å². The van der Waals surface area contributed by atoms with Crippen LogP contribution in [0.15, 0.2) is 24.3 Å². The van der Waals surface area contributed by atoms with E-state index in [4.69, 9.17) is 4.74 Å². The molecule has 0 aromatic heterocycles. The molecule has 0 aliphatic heterocycles. The maximum absolute atomic E-state index is 13.6. The number of aliphatic hydroxyl groups is 1. The molecule has 2 nitrogen and oxygen atoms in total. The summed E-state index contributed by atoms with van der Waals surface area (Å²) < 4.78 is 19.4. The summed E-state index contributed by atoms with van der Waals surface area (Å²) in [6.07, 6.45) is 5.89. The van der Waals surface area contributed by atoms with E-state index in [0.717, 1.165) is 25.7 Å². The van der Waals surface area contributed by atoms with Gasteiger partial charge in [-0.25, -0.2) is 4.39 Å². The van der Waals surface area contributed by atoms with E-state index in [1.807, 2.05) is 0 Å². The van der Waals surface area contributed by atoms with E-state index in [0.29, 0.717) is 12.2 Å². The Morgan fingerprint density at radius 2 is 1.89 bits per heavy atom. The average molecular weight is 250 g/mol. The van der Waals surface area contributed by atoms with Crippen LogP contribution in [0, 0.1) is 11.2 Å². The van der Waals surface area contributed by atoms with Crippen molar-refractivity contribution in [2.45, 2.75) is 50.7 Å². The molecule has 2 aliphatic carbocycles. The Morgan fingerprint density at radius 1 is 1.17 bits per heavy atom. The van der Waals surface area contributed by atoms with E-state index in [1.165, 1.54) is 12.5 Å². The summed E-state index contributed by atoms with van der Waals surface area (Å²) in [5, 5.41) is 10.1. The summed E-state index contributed by atoms with van der Waals surface area (Å²) in [7, 11) is 0. The molecule has 2 unspecified atom stereocenters. The van der Waals surface area contributed by atoms with Crippen molar-refractivity contribution >= 4 is 0 Å². The zero-order valence-corrected chi connectivity index (χ0v) is 10.4. The fraction of sp³-hybridized carbons (Fsp3) is 0.600. The number of hydrogen-bond donors (Lipinski definition) is 1. The Bertz CT molecular complexity index is 426. The Morgan fingerprint density at radius 3 is 2.56 bits per heavy atom. The lowest BCUT2D eigenvalue weighted by atomic mass is 9.56. The van der Waals surface area contributed by atoms with E-state index in [9.17, 15) is 9.50 Å². The zero-order valence-electron chi connectivity index (χ0n) is 10.4. The summed E-state index contributed by atoms with van der Waals surface area (Å²) in [6, 6.07) is 6.52. The van der Waals surface area contributed by atoms with Crippen molar-refractivity contribution in [2.24, 2.45) is 5.41 Å². The lowest BCUT2D eigenvalue weighted by Gasteiger charge is -2.55. The van der Waals surface area contributed by atoms with Crippen LogP contribution in [-0.2, 0) is 0 Å². The van der Waals surface area contributed by atoms with Gasteiger partial charge in [0.25, 0.3) is 0 Å². The minimum atomic E-state index is -0.315. The number of aliphatic hydroxyl groups excluding tert-OH is 1. The maximum atomic E-state index is 13.6. The SMILES string of the molecule is OC1CC(Oc2ccccc2F)C12CCCCC2. The molecule has 1 N–H and O–H groups in total. The van der Waals surface area contributed by atoms with E-state index in [1.54, 1.807) is 18.2 Å². The van der Waals surface area contributed by atoms with Crippen molar-refractivity contribution in [1.29, 1.82) is 0 Å². The molecule has 1 aromatic carbocycles. The van der Waals surface area contributed by atoms with Crippen LogP contribution >= 0.6 is 0 Å². The molecule has 0 radical (unpaired) electrons. The molecule has 0 saturated heterocycles. The Hall–Kier alpha value is -1.09. The van der Waals surface area contributed by atoms with Gasteiger partial charge in [0, 0.05) is 11.8 Å². The summed E-state index contributed by atoms with van der Waals surface area (Å²) in [4.78, 5) is 0. The first-order valence-corrected chi connectivity index (χ1v) is 6.82. The lowest BCUT2D eigenvalue weighted by Crippen LogP contribution is -2.60. The van der Waals surface area contributed by atoms with Gasteiger partial charge in [-0.3, -0.25) is 0 Å². The number of halogens is 1. The Labute approximate surface area is 107 Å². The highest BCUT2D eigenvalue weighted by Crippen LogP contribution is 2.53. The Balaban J connectivity index is 1.75. The minimum absolute atomic E-state index is 0.0234. The highest BCUT2D eigenvalue weighted by molar-refractivity contribution is 5.25. The molecule has 0 bridgehead atoms. The van der Waals surface area contributed by atoms with Gasteiger partial charge in [-0.1, -0.05) is 31.4 Å². The predicted molar refractivity (Wildman–Crippen MR) is 67.0 cm³/mol. The van der Waals surface area contributed by atoms with Crippen LogP contribution < -0.4 is 4.74 Å². The van der Waals surface area contributed by atoms with Crippen molar-refractivity contribution in [3.05, 3.63) is 30.1 Å². The molecule has 2 aliphatic rings. The molecule has 1 aromatic rings. The van der Waals surface area contributed by atoms with Crippen LogP contribution in [0.4, 0.5) is 4.39 Å². The normalized spacial score (nSPS) is 29.9. The smallest absolute Gasteiger partial charge is 0.165 e. The fourth-order valence-electron chi connectivity index (χ4n) is 3.45. The highest BCUT2D eigenvalue weighted by atomic mass is 19.1. The molecule has 3 heteroatoms. The van der Waals surface area contributed by atoms with E-state index in [2.05, 4.69) is 0 Å². The third kappa shape index (κ3) is 1.81. The van der Waals surface area contributed by atoms with Crippen LogP contribution in [0.25, 0.3) is 0 Å². The van der Waals surface area contributed by atoms with Gasteiger partial charge < -0.3 is 9.84 Å². The molecule has 3 rings (SSSR count). The third-order valence-corrected chi connectivity index (χ3v) is 4.63. The zero-order chi connectivity index (χ0) is 12.6. The Kier molecular flexibility index (Phi) is 3.02. The maximum Gasteiger partial charge on any atom is 0.165 e. The van der Waals surface area contributed by atoms with Crippen molar-refractivity contribution in [2.75, 3.05) is 0 Å². The van der Waals surface area contributed by atoms with Crippen LogP contribution in [0.3, 0.4) is 0 Å². The first-order chi connectivity index (χ1) is 8.72. The van der Waals surface area contributed by atoms with Crippen LogP contribution in [-0.4, -0.2) is 17.3 Å². The predicted octanol–water partition coefficient (Wildman–Crippen LogP) is 3.29. The lowest BCUT2D eigenvalue weighted by molar-refractivity contribution is -0.172. The van der Waals surface area contributed by atoms with Crippen LogP contribution in [0.1, 0.15) is 38.5 Å². The first-order valence-electron chi connectivity index (χ1n) is 6.82. The second-order valence-electron chi connectivity index (χ2n) is 5.58. The number of benzene rings is 1. The highest BCUT2D eigenvalue weighted by Gasteiger charge is 2.56. The second-order valence-corrected chi connectivity index (χ2v) is 5.58. The largest absolute Gasteiger partial charge is 0.487 e. The van der Waals surface area contributed by atoms with E-state index < -0.39 is 0 Å². The fourth-order valence-corrected chi connectivity index (χ4v) is 3.45. The van der Waals surface area contributed by atoms with Crippen molar-refractivity contribution in [1.82, 2.24) is 0 Å². The number of rotatable bonds is 2. The van der Waals surface area contributed by atoms with Gasteiger partial charge in [-0.05, 0) is 25.0 Å². The monoisotopic (exact) mass is 250 g/mol. The molecule has 0 heterocycles. The van der Waals surface area contributed by atoms with Gasteiger partial charge in [-0.2, -0.15) is 0 Å². The third-order valence-electron chi connectivity index (χ3n) is 4.63. The molecule has 2 atom stereocenters. The molecular weight excluding hydrogens is 231 g/mol. The molecule has 0 amide bonds. The molecule has 2 saturated carbocycles. The van der Waals surface area contributed by atoms with Crippen molar-refractivity contribution in [3.8, 4) is 5.75 Å². The minimum Gasteiger partial charge on any atom is -0.487 e. The number of para-hydroxylation sites is 1. The van der Waals surface area contributed by atoms with Crippen molar-refractivity contribution in [3.63, 3.8) is 0 Å². The molecule has 1 spiro atoms. The van der Waals surface area contributed by atoms with E-state index in [-0.39, 0.29) is 23.4 Å². The van der Waals surface area contributed by atoms with Gasteiger partial charge in [0.2, 0.25) is 0 Å². The molecular formula is C15H19FO2. The average Bonchev–Trinajstić information content (AvgIpc) is 2.41. The number of hydrogen-bond acceptors (Lipinski definition) is 2. The second kappa shape index (κ2) is 4.54. The number of ether oxygens (including phenoxy) is 1. The summed E-state index contributed by atoms with van der Waals surface area (Å²) >= 11 is 0. The van der Waals surface area contributed by atoms with Crippen LogP contribution in [0.2, 0.25) is 0 Å². The standard InChI is InChI=1S/C15H19FO2/c16-11-6-2-3-7-12(11)18-14-10-13(17)15(14)8-4-1-5-9-15/h2-3,6-7,13-14,17H,1,4-5,8-10H2. The summed E-state index contributed by atoms with van der Waals surface area (Å²) in [6.45, 7) is 0. The van der Waals surface area contributed by atoms with Crippen molar-refractivity contribution < 1.29 is 14.2 Å². The van der Waals surface area contributed by atoms with Gasteiger partial charge in [-0.15, -0.1) is 0 Å². The summed E-state index contributed by atoms with van der Waals surface area (Å²) in [5.41, 5.74) is -0.111. The topological polar surface area (TPSA) is 29.5 Å². The van der Waals surface area contributed by atoms with Gasteiger partial charge >= 0.3 is 0 Å². The van der Waals surface area contributed by atoms with Gasteiger partial charge in [0.15, 0.2) is 11.6 Å². The van der Waals surface area contributed by atoms with Crippen LogP contribution in [0.5, 0.6) is 5.75 Å². The summed E-state index contributed by atoms with van der Waals surface area (Å²) in [5.74, 6) is 0.00389. The first kappa shape index (κ1) is 12.0.